The molecule has 0 saturated heterocycles. The zero-order chi connectivity index (χ0) is 15.7. The number of methoxy groups -OCH3 is 1. The molecule has 1 heterocycles. The second-order valence-corrected chi connectivity index (χ2v) is 5.99. The maximum absolute atomic E-state index is 12.7. The minimum absolute atomic E-state index is 0.0541. The summed E-state index contributed by atoms with van der Waals surface area (Å²) in [4.78, 5) is 17.1. The SMILES string of the molecule is COc1cccc([C@@H](C)n2cnc3ccc(Br)cc3c2=O)c1. The normalized spacial score (nSPS) is 12.3. The van der Waals surface area contributed by atoms with Gasteiger partial charge in [-0.05, 0) is 42.8 Å². The summed E-state index contributed by atoms with van der Waals surface area (Å²) in [7, 11) is 1.63. The van der Waals surface area contributed by atoms with Crippen LogP contribution in [-0.4, -0.2) is 16.7 Å². The molecular weight excluding hydrogens is 344 g/mol. The average Bonchev–Trinajstić information content (AvgIpc) is 2.55. The molecule has 0 aliphatic carbocycles. The van der Waals surface area contributed by atoms with Gasteiger partial charge in [-0.1, -0.05) is 28.1 Å². The second kappa shape index (κ2) is 5.93. The smallest absolute Gasteiger partial charge is 0.261 e. The van der Waals surface area contributed by atoms with E-state index in [9.17, 15) is 4.79 Å². The lowest BCUT2D eigenvalue weighted by molar-refractivity contribution is 0.413. The number of aromatic nitrogens is 2. The van der Waals surface area contributed by atoms with Crippen molar-refractivity contribution < 1.29 is 4.74 Å². The van der Waals surface area contributed by atoms with Gasteiger partial charge < -0.3 is 4.74 Å². The summed E-state index contributed by atoms with van der Waals surface area (Å²) in [6.45, 7) is 1.97. The van der Waals surface area contributed by atoms with Crippen LogP contribution in [0.15, 0.2) is 58.1 Å². The Hall–Kier alpha value is -2.14. The van der Waals surface area contributed by atoms with Gasteiger partial charge in [0.15, 0.2) is 0 Å². The predicted octanol–water partition coefficient (Wildman–Crippen LogP) is 3.78. The van der Waals surface area contributed by atoms with E-state index in [2.05, 4.69) is 20.9 Å². The molecule has 3 rings (SSSR count). The Labute approximate surface area is 136 Å². The molecule has 0 N–H and O–H groups in total. The Kier molecular flexibility index (Phi) is 3.98. The lowest BCUT2D eigenvalue weighted by atomic mass is 10.1. The van der Waals surface area contributed by atoms with Gasteiger partial charge in [0.1, 0.15) is 5.75 Å². The Morgan fingerprint density at radius 3 is 2.82 bits per heavy atom. The summed E-state index contributed by atoms with van der Waals surface area (Å²) in [5.74, 6) is 0.772. The fraction of sp³-hybridized carbons (Fsp3) is 0.176. The van der Waals surface area contributed by atoms with Crippen LogP contribution in [0.1, 0.15) is 18.5 Å². The fourth-order valence-electron chi connectivity index (χ4n) is 2.45. The highest BCUT2D eigenvalue weighted by Gasteiger charge is 2.13. The van der Waals surface area contributed by atoms with Gasteiger partial charge in [-0.2, -0.15) is 0 Å². The molecule has 0 aliphatic heterocycles. The van der Waals surface area contributed by atoms with Gasteiger partial charge in [0.25, 0.3) is 5.56 Å². The fourth-order valence-corrected chi connectivity index (χ4v) is 2.81. The number of ether oxygens (including phenoxy) is 1. The molecule has 1 atom stereocenters. The van der Waals surface area contributed by atoms with Crippen molar-refractivity contribution >= 4 is 26.8 Å². The third kappa shape index (κ3) is 2.64. The number of hydrogen-bond acceptors (Lipinski definition) is 3. The van der Waals surface area contributed by atoms with Gasteiger partial charge in [-0.25, -0.2) is 4.98 Å². The first-order chi connectivity index (χ1) is 10.6. The molecule has 0 unspecified atom stereocenters. The summed E-state index contributed by atoms with van der Waals surface area (Å²) in [5.41, 5.74) is 1.64. The average molecular weight is 359 g/mol. The highest BCUT2D eigenvalue weighted by Crippen LogP contribution is 2.22. The van der Waals surface area contributed by atoms with Crippen LogP contribution in [0, 0.1) is 0 Å². The molecule has 3 aromatic rings. The molecule has 1 aromatic heterocycles. The molecule has 0 spiro atoms. The molecule has 0 fully saturated rings. The van der Waals surface area contributed by atoms with Crippen molar-refractivity contribution in [2.45, 2.75) is 13.0 Å². The Morgan fingerprint density at radius 1 is 1.23 bits per heavy atom. The summed E-state index contributed by atoms with van der Waals surface area (Å²) in [5, 5.41) is 0.603. The maximum Gasteiger partial charge on any atom is 0.261 e. The van der Waals surface area contributed by atoms with E-state index in [1.165, 1.54) is 0 Å². The second-order valence-electron chi connectivity index (χ2n) is 5.07. The largest absolute Gasteiger partial charge is 0.497 e. The van der Waals surface area contributed by atoms with E-state index in [1.54, 1.807) is 24.1 Å². The van der Waals surface area contributed by atoms with Crippen LogP contribution in [0.25, 0.3) is 10.9 Å². The van der Waals surface area contributed by atoms with E-state index in [1.807, 2.05) is 43.3 Å². The van der Waals surface area contributed by atoms with E-state index in [-0.39, 0.29) is 11.6 Å². The van der Waals surface area contributed by atoms with Gasteiger partial charge in [0.05, 0.1) is 30.4 Å². The lowest BCUT2D eigenvalue weighted by Gasteiger charge is -2.16. The van der Waals surface area contributed by atoms with Crippen molar-refractivity contribution in [2.75, 3.05) is 7.11 Å². The number of hydrogen-bond donors (Lipinski definition) is 0. The Balaban J connectivity index is 2.12. The van der Waals surface area contributed by atoms with Crippen LogP contribution in [0.3, 0.4) is 0 Å². The van der Waals surface area contributed by atoms with Crippen LogP contribution in [0.4, 0.5) is 0 Å². The number of nitrogens with zero attached hydrogens (tertiary/aromatic N) is 2. The summed E-state index contributed by atoms with van der Waals surface area (Å²) >= 11 is 3.40. The van der Waals surface area contributed by atoms with Crippen molar-refractivity contribution in [3.63, 3.8) is 0 Å². The highest BCUT2D eigenvalue weighted by atomic mass is 79.9. The quantitative estimate of drug-likeness (QED) is 0.715. The van der Waals surface area contributed by atoms with Crippen LogP contribution >= 0.6 is 15.9 Å². The molecular formula is C17H15BrN2O2. The van der Waals surface area contributed by atoms with E-state index < -0.39 is 0 Å². The molecule has 2 aromatic carbocycles. The van der Waals surface area contributed by atoms with Crippen LogP contribution in [-0.2, 0) is 0 Å². The summed E-state index contributed by atoms with van der Waals surface area (Å²) in [6.07, 6.45) is 1.60. The molecule has 0 aliphatic rings. The van der Waals surface area contributed by atoms with Crippen LogP contribution in [0.2, 0.25) is 0 Å². The topological polar surface area (TPSA) is 44.1 Å². The van der Waals surface area contributed by atoms with Gasteiger partial charge in [0.2, 0.25) is 0 Å². The molecule has 0 bridgehead atoms. The van der Waals surface area contributed by atoms with Gasteiger partial charge >= 0.3 is 0 Å². The minimum atomic E-state index is -0.126. The first-order valence-corrected chi connectivity index (χ1v) is 7.70. The molecule has 22 heavy (non-hydrogen) atoms. The van der Waals surface area contributed by atoms with Gasteiger partial charge in [-0.3, -0.25) is 9.36 Å². The minimum Gasteiger partial charge on any atom is -0.497 e. The van der Waals surface area contributed by atoms with E-state index in [0.29, 0.717) is 10.9 Å². The number of rotatable bonds is 3. The standard InChI is InChI=1S/C17H15BrN2O2/c1-11(12-4-3-5-14(8-12)22-2)20-10-19-16-7-6-13(18)9-15(16)17(20)21/h3-11H,1-2H3/t11-/m1/s1. The first-order valence-electron chi connectivity index (χ1n) is 6.90. The number of halogens is 1. The first kappa shape index (κ1) is 14.8. The van der Waals surface area contributed by atoms with Crippen molar-refractivity contribution in [1.82, 2.24) is 9.55 Å². The monoisotopic (exact) mass is 358 g/mol. The van der Waals surface area contributed by atoms with E-state index in [0.717, 1.165) is 15.8 Å². The number of benzene rings is 2. The predicted molar refractivity (Wildman–Crippen MR) is 90.5 cm³/mol. The summed E-state index contributed by atoms with van der Waals surface area (Å²) in [6, 6.07) is 13.1. The van der Waals surface area contributed by atoms with E-state index >= 15 is 0 Å². The van der Waals surface area contributed by atoms with E-state index in [4.69, 9.17) is 4.74 Å². The zero-order valence-electron chi connectivity index (χ0n) is 12.3. The molecule has 5 heteroatoms. The molecule has 112 valence electrons. The van der Waals surface area contributed by atoms with Gasteiger partial charge in [0, 0.05) is 4.47 Å². The maximum atomic E-state index is 12.7. The third-order valence-electron chi connectivity index (χ3n) is 3.74. The molecule has 0 radical (unpaired) electrons. The molecule has 0 saturated carbocycles. The lowest BCUT2D eigenvalue weighted by Crippen LogP contribution is -2.24. The Morgan fingerprint density at radius 2 is 2.05 bits per heavy atom. The summed E-state index contributed by atoms with van der Waals surface area (Å²) < 4.78 is 7.76. The van der Waals surface area contributed by atoms with Crippen molar-refractivity contribution in [1.29, 1.82) is 0 Å². The zero-order valence-corrected chi connectivity index (χ0v) is 13.9. The van der Waals surface area contributed by atoms with Crippen LogP contribution < -0.4 is 10.3 Å². The number of fused-ring (bicyclic) bond motifs is 1. The van der Waals surface area contributed by atoms with Crippen molar-refractivity contribution in [2.24, 2.45) is 0 Å². The van der Waals surface area contributed by atoms with Gasteiger partial charge in [-0.15, -0.1) is 0 Å². The van der Waals surface area contributed by atoms with Crippen molar-refractivity contribution in [3.8, 4) is 5.75 Å². The molecule has 4 nitrogen and oxygen atoms in total. The Bertz CT molecular complexity index is 889. The van der Waals surface area contributed by atoms with Crippen molar-refractivity contribution in [3.05, 3.63) is 69.2 Å². The van der Waals surface area contributed by atoms with Crippen LogP contribution in [0.5, 0.6) is 5.75 Å². The highest BCUT2D eigenvalue weighted by molar-refractivity contribution is 9.10. The molecule has 0 amide bonds. The third-order valence-corrected chi connectivity index (χ3v) is 4.23.